The van der Waals surface area contributed by atoms with Crippen LogP contribution in [0, 0.1) is 7.11 Å². The fraction of sp³-hybridized carbons (Fsp3) is 0.864. The van der Waals surface area contributed by atoms with Crippen molar-refractivity contribution in [2.24, 2.45) is 0 Å². The largest absolute Gasteiger partial charge is 0.498 e. The van der Waals surface area contributed by atoms with Gasteiger partial charge >= 0.3 is 0 Å². The van der Waals surface area contributed by atoms with Crippen molar-refractivity contribution >= 4 is 0 Å². The molecule has 0 spiro atoms. The summed E-state index contributed by atoms with van der Waals surface area (Å²) >= 11 is 0. The Hall–Kier alpha value is -0.460. The zero-order valence-electron chi connectivity index (χ0n) is 16.0. The number of rotatable bonds is 19. The molecular formula is C22H43O. The number of ether oxygens (including phenoxy) is 1. The Labute approximate surface area is 147 Å². The molecule has 0 amide bonds. The summed E-state index contributed by atoms with van der Waals surface area (Å²) in [5, 5.41) is 0. The molecule has 0 saturated heterocycles. The van der Waals surface area contributed by atoms with Crippen molar-refractivity contribution in [3.05, 3.63) is 19.4 Å². The molecule has 0 aromatic carbocycles. The molecule has 0 unspecified atom stereocenters. The molecule has 0 aromatic heterocycles. The van der Waals surface area contributed by atoms with Gasteiger partial charge in [0, 0.05) is 0 Å². The Morgan fingerprint density at radius 1 is 0.565 bits per heavy atom. The highest BCUT2D eigenvalue weighted by atomic mass is 16.5. The number of allylic oxidation sites excluding steroid dienone is 1. The molecule has 0 fully saturated rings. The molecule has 0 aromatic rings. The summed E-state index contributed by atoms with van der Waals surface area (Å²) in [4.78, 5) is 0. The van der Waals surface area contributed by atoms with Gasteiger partial charge in [0.25, 0.3) is 0 Å². The topological polar surface area (TPSA) is 9.23 Å². The van der Waals surface area contributed by atoms with Crippen molar-refractivity contribution in [2.45, 2.75) is 122 Å². The van der Waals surface area contributed by atoms with Gasteiger partial charge in [-0.3, -0.25) is 0 Å². The first kappa shape index (κ1) is 22.5. The van der Waals surface area contributed by atoms with E-state index in [4.69, 9.17) is 0 Å². The van der Waals surface area contributed by atoms with Gasteiger partial charge in [-0.05, 0) is 18.9 Å². The first-order valence-electron chi connectivity index (χ1n) is 10.5. The molecule has 0 bridgehead atoms. The third-order valence-electron chi connectivity index (χ3n) is 4.67. The van der Waals surface area contributed by atoms with E-state index in [9.17, 15) is 0 Å². The zero-order valence-corrected chi connectivity index (χ0v) is 16.0. The highest BCUT2D eigenvalue weighted by Gasteiger charge is 1.94. The molecule has 23 heavy (non-hydrogen) atoms. The van der Waals surface area contributed by atoms with E-state index in [0.717, 1.165) is 6.42 Å². The Kier molecular flexibility index (Phi) is 21.1. The Bertz CT molecular complexity index is 222. The van der Waals surface area contributed by atoms with E-state index >= 15 is 0 Å². The summed E-state index contributed by atoms with van der Waals surface area (Å²) < 4.78 is 4.64. The Morgan fingerprint density at radius 2 is 0.913 bits per heavy atom. The summed E-state index contributed by atoms with van der Waals surface area (Å²) in [6.07, 6.45) is 29.2. The predicted molar refractivity (Wildman–Crippen MR) is 104 cm³/mol. The van der Waals surface area contributed by atoms with Crippen LogP contribution in [0.25, 0.3) is 0 Å². The third-order valence-corrected chi connectivity index (χ3v) is 4.67. The minimum absolute atomic E-state index is 1.13. The van der Waals surface area contributed by atoms with Gasteiger partial charge in [-0.2, -0.15) is 0 Å². The molecule has 0 saturated carbocycles. The third kappa shape index (κ3) is 21.5. The van der Waals surface area contributed by atoms with E-state index in [1.54, 1.807) is 6.26 Å². The van der Waals surface area contributed by atoms with Crippen LogP contribution in [-0.4, -0.2) is 0 Å². The van der Waals surface area contributed by atoms with E-state index < -0.39 is 0 Å². The van der Waals surface area contributed by atoms with E-state index in [0.29, 0.717) is 0 Å². The molecule has 0 aliphatic rings. The molecule has 0 rings (SSSR count). The molecule has 1 nitrogen and oxygen atoms in total. The van der Waals surface area contributed by atoms with Crippen LogP contribution in [0.4, 0.5) is 0 Å². The van der Waals surface area contributed by atoms with Crippen LogP contribution < -0.4 is 0 Å². The maximum atomic E-state index is 4.64. The number of unbranched alkanes of at least 4 members (excludes halogenated alkanes) is 17. The van der Waals surface area contributed by atoms with Crippen LogP contribution in [-0.2, 0) is 4.74 Å². The van der Waals surface area contributed by atoms with Crippen LogP contribution in [0.5, 0.6) is 0 Å². The molecule has 0 aliphatic carbocycles. The van der Waals surface area contributed by atoms with Gasteiger partial charge in [-0.15, -0.1) is 0 Å². The molecular weight excluding hydrogens is 280 g/mol. The van der Waals surface area contributed by atoms with Gasteiger partial charge in [0.15, 0.2) is 0 Å². The summed E-state index contributed by atoms with van der Waals surface area (Å²) in [6, 6.07) is 0. The lowest BCUT2D eigenvalue weighted by Gasteiger charge is -2.03. The SMILES string of the molecule is [CH2]O/C=C/CCCCCCCCCCCCCCCCCCC. The second-order valence-corrected chi connectivity index (χ2v) is 6.98. The van der Waals surface area contributed by atoms with Crippen LogP contribution in [0.2, 0.25) is 0 Å². The average Bonchev–Trinajstić information content (AvgIpc) is 2.57. The number of hydrogen-bond donors (Lipinski definition) is 0. The Morgan fingerprint density at radius 3 is 1.26 bits per heavy atom. The van der Waals surface area contributed by atoms with Gasteiger partial charge in [-0.25, -0.2) is 0 Å². The first-order valence-corrected chi connectivity index (χ1v) is 10.5. The zero-order chi connectivity index (χ0) is 16.8. The van der Waals surface area contributed by atoms with E-state index in [-0.39, 0.29) is 0 Å². The van der Waals surface area contributed by atoms with Gasteiger partial charge < -0.3 is 4.74 Å². The minimum Gasteiger partial charge on any atom is -0.498 e. The second-order valence-electron chi connectivity index (χ2n) is 6.98. The average molecular weight is 324 g/mol. The summed E-state index contributed by atoms with van der Waals surface area (Å²) in [5.41, 5.74) is 0. The van der Waals surface area contributed by atoms with Crippen molar-refractivity contribution in [1.82, 2.24) is 0 Å². The van der Waals surface area contributed by atoms with E-state index in [1.807, 2.05) is 0 Å². The molecule has 0 aliphatic heterocycles. The normalized spacial score (nSPS) is 11.4. The van der Waals surface area contributed by atoms with Crippen LogP contribution >= 0.6 is 0 Å². The van der Waals surface area contributed by atoms with Crippen LogP contribution in [0.1, 0.15) is 122 Å². The van der Waals surface area contributed by atoms with Crippen molar-refractivity contribution in [3.63, 3.8) is 0 Å². The molecule has 0 N–H and O–H groups in total. The van der Waals surface area contributed by atoms with Crippen molar-refractivity contribution in [1.29, 1.82) is 0 Å². The van der Waals surface area contributed by atoms with E-state index in [2.05, 4.69) is 24.8 Å². The van der Waals surface area contributed by atoms with Crippen molar-refractivity contribution < 1.29 is 4.74 Å². The smallest absolute Gasteiger partial charge is 0.121 e. The van der Waals surface area contributed by atoms with Crippen LogP contribution in [0.15, 0.2) is 12.3 Å². The highest BCUT2D eigenvalue weighted by Crippen LogP contribution is 2.14. The lowest BCUT2D eigenvalue weighted by Crippen LogP contribution is -1.83. The molecule has 0 heterocycles. The minimum atomic E-state index is 1.13. The quantitative estimate of drug-likeness (QED) is 0.171. The first-order chi connectivity index (χ1) is 11.4. The van der Waals surface area contributed by atoms with Crippen molar-refractivity contribution in [2.75, 3.05) is 0 Å². The van der Waals surface area contributed by atoms with Crippen molar-refractivity contribution in [3.8, 4) is 0 Å². The van der Waals surface area contributed by atoms with Gasteiger partial charge in [-0.1, -0.05) is 110 Å². The maximum Gasteiger partial charge on any atom is 0.121 e. The fourth-order valence-electron chi connectivity index (χ4n) is 3.12. The predicted octanol–water partition coefficient (Wildman–Crippen LogP) is 8.35. The monoisotopic (exact) mass is 323 g/mol. The summed E-state index contributed by atoms with van der Waals surface area (Å²) in [5.74, 6) is 0. The second kappa shape index (κ2) is 21.5. The van der Waals surface area contributed by atoms with Gasteiger partial charge in [0.2, 0.25) is 0 Å². The summed E-state index contributed by atoms with van der Waals surface area (Å²) in [6.45, 7) is 2.29. The van der Waals surface area contributed by atoms with E-state index in [1.165, 1.54) is 109 Å². The molecule has 1 heteroatoms. The van der Waals surface area contributed by atoms with Crippen LogP contribution in [0.3, 0.4) is 0 Å². The number of hydrogen-bond acceptors (Lipinski definition) is 1. The lowest BCUT2D eigenvalue weighted by molar-refractivity contribution is 0.391. The molecule has 137 valence electrons. The molecule has 0 atom stereocenters. The van der Waals surface area contributed by atoms with Gasteiger partial charge in [0.05, 0.1) is 6.26 Å². The lowest BCUT2D eigenvalue weighted by atomic mass is 10.0. The fourth-order valence-corrected chi connectivity index (χ4v) is 3.12. The highest BCUT2D eigenvalue weighted by molar-refractivity contribution is 4.72. The standard InChI is InChI=1S/C22H43O/c1-3-4-5-6-7-8-9-10-11-12-13-14-15-16-17-18-19-20-21-22-23-2/h21-22H,2-20H2,1H3/b22-21+. The maximum absolute atomic E-state index is 4.64. The molecule has 1 radical (unpaired) electrons. The Balaban J connectivity index is 2.96. The summed E-state index contributed by atoms with van der Waals surface area (Å²) in [7, 11) is 3.32. The van der Waals surface area contributed by atoms with Gasteiger partial charge in [0.1, 0.15) is 7.11 Å².